The first-order valence-electron chi connectivity index (χ1n) is 13.7. The molecule has 0 aromatic heterocycles. The molecule has 1 amide bonds. The van der Waals surface area contributed by atoms with E-state index >= 15 is 0 Å². The second-order valence-corrected chi connectivity index (χ2v) is 12.0. The maximum Gasteiger partial charge on any atom is 0.494 e. The van der Waals surface area contributed by atoms with Crippen LogP contribution in [0.15, 0.2) is 47.8 Å². The number of amides is 1. The molecule has 0 spiro atoms. The van der Waals surface area contributed by atoms with Gasteiger partial charge in [-0.3, -0.25) is 4.90 Å². The Morgan fingerprint density at radius 2 is 1.82 bits per heavy atom. The van der Waals surface area contributed by atoms with E-state index in [9.17, 15) is 9.70 Å². The normalized spacial score (nSPS) is 23.3. The third-order valence-corrected chi connectivity index (χ3v) is 8.47. The van der Waals surface area contributed by atoms with E-state index in [2.05, 4.69) is 22.4 Å². The Morgan fingerprint density at radius 3 is 2.31 bits per heavy atom. The highest BCUT2D eigenvalue weighted by Crippen LogP contribution is 2.37. The van der Waals surface area contributed by atoms with Gasteiger partial charge in [0.05, 0.1) is 30.4 Å². The van der Waals surface area contributed by atoms with Crippen molar-refractivity contribution in [3.63, 3.8) is 0 Å². The standard InChI is InChI=1S/C29H45BN4O5/c1-11-23(21-14-16-22(17-15-21)30-38-27(5,6)28(7,8)39-30)31-20(4)24-13-12-18-34(24)29(9,33-36)25(19(2)3)32-26(35)37-10/h11,14-17,19,24-25,31H,4,12-13,18H2,1-3,5-10H3,(H,32,35)/b23-11-/t24-,25-,29?/m0/s1. The number of carbonyl (C=O) groups is 1. The SMILES string of the molecule is C=C(N/C(=C\C)c1ccc(B2OC(C)(C)C(C)(C)O2)cc1)[C@@H]1CCCN1C(C)(N=O)[C@@H](NC(=O)OC)C(C)C. The Labute approximate surface area is 233 Å². The fraction of sp³-hybridized carbons (Fsp3) is 0.621. The lowest BCUT2D eigenvalue weighted by Crippen LogP contribution is -2.63. The van der Waals surface area contributed by atoms with E-state index in [4.69, 9.17) is 14.0 Å². The van der Waals surface area contributed by atoms with Crippen LogP contribution in [0.25, 0.3) is 5.70 Å². The second kappa shape index (κ2) is 11.8. The van der Waals surface area contributed by atoms with Crippen LogP contribution in [0.2, 0.25) is 0 Å². The summed E-state index contributed by atoms with van der Waals surface area (Å²) in [5.74, 6) is -0.0529. The molecule has 2 N–H and O–H groups in total. The zero-order chi connectivity index (χ0) is 29.2. The van der Waals surface area contributed by atoms with E-state index < -0.39 is 36.1 Å². The van der Waals surface area contributed by atoms with Gasteiger partial charge < -0.3 is 24.7 Å². The molecule has 1 aromatic rings. The molecule has 1 unspecified atom stereocenters. The van der Waals surface area contributed by atoms with Crippen LogP contribution in [0.5, 0.6) is 0 Å². The van der Waals surface area contributed by atoms with Gasteiger partial charge in [0.1, 0.15) is 0 Å². The molecule has 0 bridgehead atoms. The molecule has 2 aliphatic heterocycles. The highest BCUT2D eigenvalue weighted by molar-refractivity contribution is 6.62. The molecule has 9 nitrogen and oxygen atoms in total. The lowest BCUT2D eigenvalue weighted by atomic mass is 9.79. The van der Waals surface area contributed by atoms with Gasteiger partial charge in [-0.2, -0.15) is 0 Å². The molecule has 3 rings (SSSR count). The smallest absolute Gasteiger partial charge is 0.453 e. The van der Waals surface area contributed by atoms with Crippen LogP contribution in [-0.4, -0.2) is 60.7 Å². The molecular formula is C29H45BN4O5. The minimum Gasteiger partial charge on any atom is -0.453 e. The zero-order valence-electron chi connectivity index (χ0n) is 25.0. The van der Waals surface area contributed by atoms with Crippen molar-refractivity contribution in [1.82, 2.24) is 15.5 Å². The van der Waals surface area contributed by atoms with Gasteiger partial charge in [-0.05, 0) is 76.5 Å². The summed E-state index contributed by atoms with van der Waals surface area (Å²) in [5.41, 5.74) is 1.64. The predicted molar refractivity (Wildman–Crippen MR) is 156 cm³/mol. The summed E-state index contributed by atoms with van der Waals surface area (Å²) >= 11 is 0. The summed E-state index contributed by atoms with van der Waals surface area (Å²) in [6.45, 7) is 20.8. The van der Waals surface area contributed by atoms with Crippen molar-refractivity contribution >= 4 is 24.4 Å². The van der Waals surface area contributed by atoms with Gasteiger partial charge in [0, 0.05) is 17.9 Å². The van der Waals surface area contributed by atoms with Gasteiger partial charge in [-0.25, -0.2) is 4.79 Å². The molecular weight excluding hydrogens is 495 g/mol. The molecule has 2 saturated heterocycles. The Kier molecular flexibility index (Phi) is 9.35. The first-order chi connectivity index (χ1) is 18.2. The van der Waals surface area contributed by atoms with Gasteiger partial charge in [0.25, 0.3) is 0 Å². The Balaban J connectivity index is 1.77. The topological polar surface area (TPSA) is 101 Å². The average Bonchev–Trinajstić information content (AvgIpc) is 3.47. The maximum absolute atomic E-state index is 12.4. The Bertz CT molecular complexity index is 1070. The fourth-order valence-corrected chi connectivity index (χ4v) is 5.45. The van der Waals surface area contributed by atoms with Crippen LogP contribution in [-0.2, 0) is 14.0 Å². The molecule has 0 saturated carbocycles. The number of carbonyl (C=O) groups excluding carboxylic acids is 1. The second-order valence-electron chi connectivity index (χ2n) is 12.0. The molecule has 3 atom stereocenters. The number of likely N-dealkylation sites (tertiary alicyclic amines) is 1. The first kappa shape index (κ1) is 30.9. The number of rotatable bonds is 10. The number of alkyl carbamates (subject to hydrolysis) is 1. The van der Waals surface area contributed by atoms with Crippen molar-refractivity contribution in [3.8, 4) is 0 Å². The number of ether oxygens (including phenoxy) is 1. The van der Waals surface area contributed by atoms with E-state index in [0.717, 1.165) is 35.3 Å². The monoisotopic (exact) mass is 540 g/mol. The fourth-order valence-electron chi connectivity index (χ4n) is 5.45. The molecule has 1 aromatic carbocycles. The van der Waals surface area contributed by atoms with Crippen LogP contribution < -0.4 is 16.1 Å². The molecule has 2 heterocycles. The Morgan fingerprint density at radius 1 is 1.23 bits per heavy atom. The summed E-state index contributed by atoms with van der Waals surface area (Å²) in [6, 6.07) is 7.42. The maximum atomic E-state index is 12.4. The average molecular weight is 541 g/mol. The minimum absolute atomic E-state index is 0.0529. The number of nitrogens with one attached hydrogen (secondary N) is 2. The van der Waals surface area contributed by atoms with E-state index in [1.807, 2.05) is 83.7 Å². The zero-order valence-corrected chi connectivity index (χ0v) is 25.0. The van der Waals surface area contributed by atoms with Crippen LogP contribution in [0, 0.1) is 10.8 Å². The van der Waals surface area contributed by atoms with Crippen molar-refractivity contribution in [2.75, 3.05) is 13.7 Å². The van der Waals surface area contributed by atoms with Crippen molar-refractivity contribution in [3.05, 3.63) is 53.1 Å². The summed E-state index contributed by atoms with van der Waals surface area (Å²) in [7, 11) is 0.887. The Hall–Kier alpha value is -2.69. The summed E-state index contributed by atoms with van der Waals surface area (Å²) in [5, 5.41) is 9.89. The van der Waals surface area contributed by atoms with Crippen molar-refractivity contribution in [2.45, 2.75) is 97.2 Å². The lowest BCUT2D eigenvalue weighted by molar-refractivity contribution is 0.00578. The van der Waals surface area contributed by atoms with Gasteiger partial charge in [-0.15, -0.1) is 4.91 Å². The number of hydrogen-bond donors (Lipinski definition) is 2. The van der Waals surface area contributed by atoms with Gasteiger partial charge >= 0.3 is 13.2 Å². The number of methoxy groups -OCH3 is 1. The molecule has 10 heteroatoms. The third-order valence-electron chi connectivity index (χ3n) is 8.47. The molecule has 2 aliphatic rings. The van der Waals surface area contributed by atoms with E-state index in [1.165, 1.54) is 7.11 Å². The van der Waals surface area contributed by atoms with Crippen molar-refractivity contribution in [1.29, 1.82) is 0 Å². The van der Waals surface area contributed by atoms with Crippen molar-refractivity contribution < 1.29 is 18.8 Å². The summed E-state index contributed by atoms with van der Waals surface area (Å²) in [6.07, 6.45) is 3.11. The van der Waals surface area contributed by atoms with Gasteiger partial charge in [0.15, 0.2) is 5.66 Å². The van der Waals surface area contributed by atoms with Crippen LogP contribution in [0.3, 0.4) is 0 Å². The predicted octanol–water partition coefficient (Wildman–Crippen LogP) is 4.78. The highest BCUT2D eigenvalue weighted by Gasteiger charge is 2.52. The van der Waals surface area contributed by atoms with Gasteiger partial charge in [-0.1, -0.05) is 50.8 Å². The highest BCUT2D eigenvalue weighted by atomic mass is 16.7. The lowest BCUT2D eigenvalue weighted by Gasteiger charge is -2.44. The largest absolute Gasteiger partial charge is 0.494 e. The number of nitroso groups, excluding NO2 is 1. The van der Waals surface area contributed by atoms with E-state index in [0.29, 0.717) is 6.54 Å². The van der Waals surface area contributed by atoms with Gasteiger partial charge in [0.2, 0.25) is 0 Å². The summed E-state index contributed by atoms with van der Waals surface area (Å²) < 4.78 is 17.2. The number of allylic oxidation sites excluding steroid dienone is 1. The summed E-state index contributed by atoms with van der Waals surface area (Å²) in [4.78, 5) is 26.5. The number of nitrogens with zero attached hydrogens (tertiary/aromatic N) is 2. The number of benzene rings is 1. The minimum atomic E-state index is -1.19. The molecule has 0 aliphatic carbocycles. The molecule has 2 fully saturated rings. The van der Waals surface area contributed by atoms with Crippen LogP contribution >= 0.6 is 0 Å². The van der Waals surface area contributed by atoms with Crippen molar-refractivity contribution in [2.24, 2.45) is 11.1 Å². The van der Waals surface area contributed by atoms with Crippen LogP contribution in [0.1, 0.15) is 73.8 Å². The van der Waals surface area contributed by atoms with E-state index in [1.54, 1.807) is 6.92 Å². The molecule has 0 radical (unpaired) electrons. The molecule has 214 valence electrons. The third kappa shape index (κ3) is 6.23. The van der Waals surface area contributed by atoms with E-state index in [-0.39, 0.29) is 12.0 Å². The quantitative estimate of drug-likeness (QED) is 0.326. The van der Waals surface area contributed by atoms with Crippen LogP contribution in [0.4, 0.5) is 4.79 Å². The first-order valence-corrected chi connectivity index (χ1v) is 13.7. The molecule has 39 heavy (non-hydrogen) atoms. The number of hydrogen-bond acceptors (Lipinski definition) is 8.